The monoisotopic (exact) mass is 917 g/mol. The van der Waals surface area contributed by atoms with Gasteiger partial charge in [-0.2, -0.15) is 11.8 Å². The van der Waals surface area contributed by atoms with Crippen molar-refractivity contribution in [3.63, 3.8) is 0 Å². The van der Waals surface area contributed by atoms with Crippen LogP contribution in [-0.2, 0) is 56.0 Å². The van der Waals surface area contributed by atoms with E-state index in [2.05, 4.69) is 47.2 Å². The molecule has 0 bridgehead atoms. The molecule has 2 rings (SSSR count). The summed E-state index contributed by atoms with van der Waals surface area (Å²) in [4.78, 5) is 124. The molecule has 1 aromatic carbocycles. The molecule has 0 aliphatic rings. The number of aromatic amines is 1. The van der Waals surface area contributed by atoms with Crippen LogP contribution in [0.15, 0.2) is 42.9 Å². The second kappa shape index (κ2) is 27.9. The summed E-state index contributed by atoms with van der Waals surface area (Å²) in [7, 11) is 0. The highest BCUT2D eigenvalue weighted by molar-refractivity contribution is 7.98. The van der Waals surface area contributed by atoms with E-state index in [1.54, 1.807) is 20.1 Å². The van der Waals surface area contributed by atoms with Gasteiger partial charge in [-0.3, -0.25) is 38.4 Å². The van der Waals surface area contributed by atoms with Crippen LogP contribution in [-0.4, -0.2) is 141 Å². The number of aliphatic carboxylic acids is 1. The van der Waals surface area contributed by atoms with E-state index in [1.165, 1.54) is 24.3 Å². The van der Waals surface area contributed by atoms with Crippen molar-refractivity contribution in [3.05, 3.63) is 54.1 Å². The highest BCUT2D eigenvalue weighted by atomic mass is 32.2. The molecule has 0 aliphatic heterocycles. The minimum absolute atomic E-state index is 0.00881. The zero-order chi connectivity index (χ0) is 47.9. The van der Waals surface area contributed by atoms with Gasteiger partial charge in [0.2, 0.25) is 47.3 Å². The smallest absolute Gasteiger partial charge is 0.326 e. The fourth-order valence-electron chi connectivity index (χ4n) is 6.17. The van der Waals surface area contributed by atoms with Gasteiger partial charge in [-0.15, -0.1) is 0 Å². The van der Waals surface area contributed by atoms with E-state index in [9.17, 15) is 53.4 Å². The zero-order valence-corrected chi connectivity index (χ0v) is 37.5. The van der Waals surface area contributed by atoms with Crippen molar-refractivity contribution < 1.29 is 53.4 Å². The number of aliphatic hydroxyl groups is 1. The summed E-state index contributed by atoms with van der Waals surface area (Å²) in [5, 5.41) is 37.0. The molecule has 0 fully saturated rings. The predicted molar refractivity (Wildman–Crippen MR) is 235 cm³/mol. The molecule has 64 heavy (non-hydrogen) atoms. The summed E-state index contributed by atoms with van der Waals surface area (Å²) < 4.78 is 0. The van der Waals surface area contributed by atoms with Gasteiger partial charge in [0, 0.05) is 18.3 Å². The number of carbonyl (C=O) groups is 9. The largest absolute Gasteiger partial charge is 0.480 e. The molecule has 0 unspecified atom stereocenters. The molecule has 22 nitrogen and oxygen atoms in total. The number of nitrogens with one attached hydrogen (secondary N) is 8. The molecule has 0 spiro atoms. The number of hydrogen-bond acceptors (Lipinski definition) is 13. The zero-order valence-electron chi connectivity index (χ0n) is 36.7. The highest BCUT2D eigenvalue weighted by Gasteiger charge is 2.35. The first kappa shape index (κ1) is 54.1. The Balaban J connectivity index is 2.23. The number of carbonyl (C=O) groups excluding carboxylic acids is 8. The van der Waals surface area contributed by atoms with Crippen molar-refractivity contribution >= 4 is 65.0 Å². The number of primary amides is 1. The number of aromatic nitrogens is 2. The van der Waals surface area contributed by atoms with Gasteiger partial charge in [0.1, 0.15) is 36.3 Å². The summed E-state index contributed by atoms with van der Waals surface area (Å²) in [6.07, 6.45) is 4.40. The van der Waals surface area contributed by atoms with Gasteiger partial charge in [-0.1, -0.05) is 64.4 Å². The number of thioether (sulfide) groups is 1. The van der Waals surface area contributed by atoms with E-state index >= 15 is 0 Å². The first-order chi connectivity index (χ1) is 30.3. The average molecular weight is 918 g/mol. The lowest BCUT2D eigenvalue weighted by Gasteiger charge is -2.27. The number of hydrogen-bond donors (Lipinski definition) is 12. The van der Waals surface area contributed by atoms with Crippen molar-refractivity contribution in [2.45, 2.75) is 109 Å². The quantitative estimate of drug-likeness (QED) is 0.0397. The number of benzene rings is 1. The van der Waals surface area contributed by atoms with Crippen molar-refractivity contribution in [1.82, 2.24) is 47.2 Å². The lowest BCUT2D eigenvalue weighted by molar-refractivity contribution is -0.144. The number of carboxylic acid groups (broad SMARTS) is 1. The molecule has 0 saturated heterocycles. The number of imidazole rings is 1. The van der Waals surface area contributed by atoms with E-state index in [0.29, 0.717) is 17.9 Å². The summed E-state index contributed by atoms with van der Waals surface area (Å²) in [5.41, 5.74) is 12.6. The van der Waals surface area contributed by atoms with Crippen LogP contribution < -0.4 is 48.7 Å². The Kier molecular flexibility index (Phi) is 23.5. The Hall–Kier alpha value is -6.07. The Morgan fingerprint density at radius 1 is 0.766 bits per heavy atom. The van der Waals surface area contributed by atoms with Crippen LogP contribution in [0.25, 0.3) is 0 Å². The number of H-pyrrole nitrogens is 1. The summed E-state index contributed by atoms with van der Waals surface area (Å²) in [6.45, 7) is 5.44. The normalized spacial score (nSPS) is 14.8. The molecule has 1 heterocycles. The third-order valence-corrected chi connectivity index (χ3v) is 10.5. The third kappa shape index (κ3) is 19.1. The van der Waals surface area contributed by atoms with Crippen LogP contribution in [0.2, 0.25) is 0 Å². The van der Waals surface area contributed by atoms with Crippen LogP contribution in [0, 0.1) is 11.8 Å². The van der Waals surface area contributed by atoms with E-state index in [0.717, 1.165) is 5.56 Å². The Bertz CT molecular complexity index is 1870. The first-order valence-corrected chi connectivity index (χ1v) is 22.2. The van der Waals surface area contributed by atoms with Gasteiger partial charge in [0.25, 0.3) is 0 Å². The van der Waals surface area contributed by atoms with Gasteiger partial charge in [0.05, 0.1) is 31.9 Å². The minimum atomic E-state index is -1.72. The standard InChI is InChI=1S/C41H63N11O11S/c1-6-23(4)34(41(62)63)52-39(60)30(17-32(43)54)50-40(61)31(20-53)51-36(57)27(12-13-64-5)48-38(59)29(16-25-18-44-21-46-25)49-37(58)28(14-22(2)3)47-33(55)19-45-35(56)26(42)15-24-10-8-7-9-11-24/h7-11,18,21-23,26-31,34,53H,6,12-17,19-20,42H2,1-5H3,(H2,43,54)(H,44,46)(H,45,56)(H,47,55)(H,48,59)(H,49,58)(H,50,61)(H,51,57)(H,52,60)(H,62,63)/t23-,26-,27-,28-,29-,30-,31-,34-/m0/s1. The van der Waals surface area contributed by atoms with Gasteiger partial charge < -0.3 is 63.9 Å². The van der Waals surface area contributed by atoms with E-state index < -0.39 is 121 Å². The molecule has 0 aliphatic carbocycles. The summed E-state index contributed by atoms with van der Waals surface area (Å²) in [5.74, 6) is -8.63. The van der Waals surface area contributed by atoms with E-state index in [1.807, 2.05) is 44.2 Å². The molecular weight excluding hydrogens is 855 g/mol. The lowest BCUT2D eigenvalue weighted by Crippen LogP contribution is -2.61. The number of carboxylic acids is 1. The molecule has 8 amide bonds. The van der Waals surface area contributed by atoms with Crippen molar-refractivity contribution in [2.75, 3.05) is 25.2 Å². The topological polar surface area (TPSA) is 359 Å². The van der Waals surface area contributed by atoms with Gasteiger partial charge in [-0.05, 0) is 48.7 Å². The van der Waals surface area contributed by atoms with Gasteiger partial charge in [-0.25, -0.2) is 9.78 Å². The maximum absolute atomic E-state index is 14.0. The number of nitrogens with zero attached hydrogens (tertiary/aromatic N) is 1. The molecule has 14 N–H and O–H groups in total. The maximum atomic E-state index is 14.0. The molecule has 354 valence electrons. The Morgan fingerprint density at radius 2 is 1.34 bits per heavy atom. The number of amides is 8. The van der Waals surface area contributed by atoms with Crippen LogP contribution >= 0.6 is 11.8 Å². The third-order valence-electron chi connectivity index (χ3n) is 9.90. The molecule has 2 aromatic rings. The van der Waals surface area contributed by atoms with Crippen LogP contribution in [0.4, 0.5) is 0 Å². The molecule has 1 aromatic heterocycles. The number of aliphatic hydroxyl groups excluding tert-OH is 1. The minimum Gasteiger partial charge on any atom is -0.480 e. The van der Waals surface area contributed by atoms with Crippen molar-refractivity contribution in [2.24, 2.45) is 23.3 Å². The van der Waals surface area contributed by atoms with Crippen LogP contribution in [0.1, 0.15) is 64.6 Å². The molecule has 0 radical (unpaired) electrons. The van der Waals surface area contributed by atoms with Crippen molar-refractivity contribution in [3.8, 4) is 0 Å². The van der Waals surface area contributed by atoms with E-state index in [-0.39, 0.29) is 31.6 Å². The molecule has 0 saturated carbocycles. The molecular formula is C41H63N11O11S. The number of rotatable bonds is 29. The van der Waals surface area contributed by atoms with Gasteiger partial charge in [0.15, 0.2) is 0 Å². The van der Waals surface area contributed by atoms with E-state index in [4.69, 9.17) is 11.5 Å². The maximum Gasteiger partial charge on any atom is 0.326 e. The lowest BCUT2D eigenvalue weighted by atomic mass is 9.98. The van der Waals surface area contributed by atoms with Crippen LogP contribution in [0.5, 0.6) is 0 Å². The van der Waals surface area contributed by atoms with Gasteiger partial charge >= 0.3 is 5.97 Å². The average Bonchev–Trinajstić information content (AvgIpc) is 3.77. The molecule has 8 atom stereocenters. The Labute approximate surface area is 375 Å². The summed E-state index contributed by atoms with van der Waals surface area (Å²) in [6, 6.07) is -0.483. The summed E-state index contributed by atoms with van der Waals surface area (Å²) >= 11 is 1.33. The second-order valence-corrected chi connectivity index (χ2v) is 16.6. The fraction of sp³-hybridized carbons (Fsp3) is 0.561. The SMILES string of the molecule is CC[C@H](C)[C@H](NC(=O)[C@H](CC(N)=O)NC(=O)[C@H](CO)NC(=O)[C@H](CCSC)NC(=O)[C@H](Cc1cnc[nH]1)NC(=O)[C@H](CC(C)C)NC(=O)CNC(=O)[C@@H](N)Cc1ccccc1)C(=O)O. The Morgan fingerprint density at radius 3 is 1.91 bits per heavy atom. The second-order valence-electron chi connectivity index (χ2n) is 15.6. The fourth-order valence-corrected chi connectivity index (χ4v) is 6.64. The van der Waals surface area contributed by atoms with Crippen LogP contribution in [0.3, 0.4) is 0 Å². The highest BCUT2D eigenvalue weighted by Crippen LogP contribution is 2.11. The number of nitrogens with two attached hydrogens (primary N) is 2. The van der Waals surface area contributed by atoms with Crippen molar-refractivity contribution in [1.29, 1.82) is 0 Å². The molecule has 23 heteroatoms. The predicted octanol–water partition coefficient (Wildman–Crippen LogP) is -2.66. The first-order valence-electron chi connectivity index (χ1n) is 20.8.